The third-order valence-corrected chi connectivity index (χ3v) is 5.74. The van der Waals surface area contributed by atoms with Crippen LogP contribution in [0.2, 0.25) is 0 Å². The van der Waals surface area contributed by atoms with E-state index in [2.05, 4.69) is 61.6 Å². The van der Waals surface area contributed by atoms with Gasteiger partial charge in [-0.15, -0.1) is 10.2 Å². The first kappa shape index (κ1) is 19.5. The third kappa shape index (κ3) is 3.31. The van der Waals surface area contributed by atoms with Crippen molar-refractivity contribution in [2.75, 3.05) is 56.7 Å². The molecule has 9 nitrogen and oxygen atoms in total. The molecule has 0 bridgehead atoms. The first-order chi connectivity index (χ1) is 15.2. The first-order valence-corrected chi connectivity index (χ1v) is 10.6. The molecular weight excluding hydrogens is 392 g/mol. The number of nitrogens with one attached hydrogen (secondary N) is 1. The molecule has 0 atom stereocenters. The van der Waals surface area contributed by atoms with E-state index in [1.165, 1.54) is 0 Å². The number of rotatable bonds is 6. The summed E-state index contributed by atoms with van der Waals surface area (Å²) >= 11 is 0. The van der Waals surface area contributed by atoms with Crippen molar-refractivity contribution >= 4 is 27.9 Å². The summed E-state index contributed by atoms with van der Waals surface area (Å²) in [5.41, 5.74) is 4.33. The molecule has 0 aliphatic carbocycles. The Morgan fingerprint density at radius 1 is 1.19 bits per heavy atom. The van der Waals surface area contributed by atoms with Crippen molar-refractivity contribution in [3.63, 3.8) is 0 Å². The first-order valence-electron chi connectivity index (χ1n) is 10.6. The molecule has 4 aromatic rings. The Morgan fingerprint density at radius 2 is 2.10 bits per heavy atom. The predicted octanol–water partition coefficient (Wildman–Crippen LogP) is 2.21. The number of benzene rings is 1. The Hall–Kier alpha value is -3.46. The second-order valence-electron chi connectivity index (χ2n) is 7.62. The molecule has 0 amide bonds. The molecule has 1 N–H and O–H groups in total. The summed E-state index contributed by atoms with van der Waals surface area (Å²) in [4.78, 5) is 9.44. The highest BCUT2D eigenvalue weighted by atomic mass is 16.5. The van der Waals surface area contributed by atoms with E-state index in [1.54, 1.807) is 10.7 Å². The lowest BCUT2D eigenvalue weighted by Crippen LogP contribution is -2.30. The van der Waals surface area contributed by atoms with Crippen LogP contribution in [0, 0.1) is 0 Å². The summed E-state index contributed by atoms with van der Waals surface area (Å²) in [6.07, 6.45) is 1.80. The second kappa shape index (κ2) is 7.99. The van der Waals surface area contributed by atoms with E-state index in [9.17, 15) is 0 Å². The smallest absolute Gasteiger partial charge is 0.222 e. The molecule has 1 aromatic carbocycles. The highest BCUT2D eigenvalue weighted by molar-refractivity contribution is 5.92. The molecule has 1 aliphatic heterocycles. The van der Waals surface area contributed by atoms with E-state index in [0.717, 1.165) is 54.2 Å². The van der Waals surface area contributed by atoms with Crippen molar-refractivity contribution in [2.24, 2.45) is 0 Å². The Kier molecular flexibility index (Phi) is 5.03. The van der Waals surface area contributed by atoms with E-state index in [1.807, 2.05) is 20.2 Å². The van der Waals surface area contributed by atoms with Gasteiger partial charge in [-0.1, -0.05) is 18.2 Å². The zero-order valence-corrected chi connectivity index (χ0v) is 18.0. The molecule has 4 heterocycles. The highest BCUT2D eigenvalue weighted by Gasteiger charge is 2.23. The Balaban J connectivity index is 1.62. The van der Waals surface area contributed by atoms with E-state index < -0.39 is 0 Å². The van der Waals surface area contributed by atoms with Crippen LogP contribution >= 0.6 is 0 Å². The fourth-order valence-electron chi connectivity index (χ4n) is 4.00. The van der Waals surface area contributed by atoms with Crippen LogP contribution < -0.4 is 19.9 Å². The van der Waals surface area contributed by atoms with Crippen LogP contribution in [0.25, 0.3) is 28.1 Å². The summed E-state index contributed by atoms with van der Waals surface area (Å²) in [6, 6.07) is 10.3. The molecule has 0 radical (unpaired) electrons. The van der Waals surface area contributed by atoms with Gasteiger partial charge in [0.1, 0.15) is 18.0 Å². The maximum atomic E-state index is 5.89. The SMILES string of the molecule is CCN(CCNC)c1cccc2ccc(-c3nnc4c5c(cnn34)N(C)CCO5)nc12. The van der Waals surface area contributed by atoms with Crippen molar-refractivity contribution in [2.45, 2.75) is 6.92 Å². The number of nitrogens with zero attached hydrogens (tertiary/aromatic N) is 7. The number of hydrogen-bond donors (Lipinski definition) is 1. The standard InChI is InChI=1S/C22H26N8O/c1-4-29(11-10-23-2)17-7-5-6-15-8-9-16(25-19(15)17)21-26-27-22-20-18(14-24-30(21)22)28(3)12-13-31-20/h5-9,14,23H,4,10-13H2,1-3H3. The monoisotopic (exact) mass is 418 g/mol. The van der Waals surface area contributed by atoms with Gasteiger partial charge in [-0.05, 0) is 26.1 Å². The van der Waals surface area contributed by atoms with Gasteiger partial charge >= 0.3 is 0 Å². The summed E-state index contributed by atoms with van der Waals surface area (Å²) in [6.45, 7) is 6.31. The molecular formula is C22H26N8O. The van der Waals surface area contributed by atoms with Crippen LogP contribution in [0.3, 0.4) is 0 Å². The lowest BCUT2D eigenvalue weighted by Gasteiger charge is -2.26. The van der Waals surface area contributed by atoms with Crippen LogP contribution in [0.15, 0.2) is 36.5 Å². The summed E-state index contributed by atoms with van der Waals surface area (Å²) in [5, 5.41) is 17.7. The van der Waals surface area contributed by atoms with Crippen LogP contribution in [0.5, 0.6) is 5.75 Å². The zero-order valence-electron chi connectivity index (χ0n) is 18.0. The number of ether oxygens (including phenoxy) is 1. The quantitative estimate of drug-likeness (QED) is 0.510. The second-order valence-corrected chi connectivity index (χ2v) is 7.62. The lowest BCUT2D eigenvalue weighted by atomic mass is 10.1. The molecule has 0 fully saturated rings. The third-order valence-electron chi connectivity index (χ3n) is 5.74. The lowest BCUT2D eigenvalue weighted by molar-refractivity contribution is 0.312. The molecule has 3 aromatic heterocycles. The van der Waals surface area contributed by atoms with Crippen LogP contribution in [0.4, 0.5) is 11.4 Å². The number of aromatic nitrogens is 5. The molecule has 9 heteroatoms. The number of pyridine rings is 1. The number of para-hydroxylation sites is 1. The maximum Gasteiger partial charge on any atom is 0.222 e. The van der Waals surface area contributed by atoms with Gasteiger partial charge in [-0.3, -0.25) is 0 Å². The fraction of sp³-hybridized carbons (Fsp3) is 0.364. The van der Waals surface area contributed by atoms with Crippen molar-refractivity contribution in [1.82, 2.24) is 30.1 Å². The number of likely N-dealkylation sites (N-methyl/N-ethyl adjacent to an activating group) is 3. The topological polar surface area (TPSA) is 83.7 Å². The Morgan fingerprint density at radius 3 is 2.94 bits per heavy atom. The maximum absolute atomic E-state index is 5.89. The molecule has 0 spiro atoms. The van der Waals surface area contributed by atoms with E-state index in [-0.39, 0.29) is 0 Å². The Labute approximate surface area is 180 Å². The highest BCUT2D eigenvalue weighted by Crippen LogP contribution is 2.34. The molecule has 31 heavy (non-hydrogen) atoms. The van der Waals surface area contributed by atoms with Crippen molar-refractivity contribution < 1.29 is 4.74 Å². The van der Waals surface area contributed by atoms with E-state index in [4.69, 9.17) is 9.72 Å². The molecule has 0 saturated heterocycles. The van der Waals surface area contributed by atoms with Crippen molar-refractivity contribution in [3.8, 4) is 17.3 Å². The minimum Gasteiger partial charge on any atom is -0.486 e. The molecule has 160 valence electrons. The number of hydrogen-bond acceptors (Lipinski definition) is 8. The van der Waals surface area contributed by atoms with Crippen LogP contribution in [-0.4, -0.2) is 71.7 Å². The summed E-state index contributed by atoms with van der Waals surface area (Å²) < 4.78 is 7.61. The number of fused-ring (bicyclic) bond motifs is 4. The van der Waals surface area contributed by atoms with Gasteiger partial charge in [0, 0.05) is 32.1 Å². The van der Waals surface area contributed by atoms with Gasteiger partial charge < -0.3 is 19.9 Å². The molecule has 5 rings (SSSR count). The van der Waals surface area contributed by atoms with E-state index >= 15 is 0 Å². The van der Waals surface area contributed by atoms with Crippen molar-refractivity contribution in [1.29, 1.82) is 0 Å². The van der Waals surface area contributed by atoms with Crippen LogP contribution in [0.1, 0.15) is 6.92 Å². The van der Waals surface area contributed by atoms with Gasteiger partial charge in [0.15, 0.2) is 5.75 Å². The summed E-state index contributed by atoms with van der Waals surface area (Å²) in [7, 11) is 3.99. The Bertz CT molecular complexity index is 1240. The van der Waals surface area contributed by atoms with Gasteiger partial charge in [-0.25, -0.2) is 4.98 Å². The van der Waals surface area contributed by atoms with Gasteiger partial charge in [0.2, 0.25) is 11.5 Å². The predicted molar refractivity (Wildman–Crippen MR) is 122 cm³/mol. The van der Waals surface area contributed by atoms with Gasteiger partial charge in [0.05, 0.1) is 23.9 Å². The minimum absolute atomic E-state index is 0.601. The average Bonchev–Trinajstić information content (AvgIpc) is 3.24. The minimum atomic E-state index is 0.601. The molecule has 0 unspecified atom stereocenters. The normalized spacial score (nSPS) is 13.5. The van der Waals surface area contributed by atoms with E-state index in [0.29, 0.717) is 23.8 Å². The molecule has 0 saturated carbocycles. The zero-order chi connectivity index (χ0) is 21.4. The fourth-order valence-corrected chi connectivity index (χ4v) is 4.00. The molecule has 1 aliphatic rings. The number of anilines is 2. The summed E-state index contributed by atoms with van der Waals surface area (Å²) in [5.74, 6) is 1.32. The average molecular weight is 419 g/mol. The van der Waals surface area contributed by atoms with Gasteiger partial charge in [0.25, 0.3) is 0 Å². The van der Waals surface area contributed by atoms with Crippen LogP contribution in [-0.2, 0) is 0 Å². The van der Waals surface area contributed by atoms with Gasteiger partial charge in [-0.2, -0.15) is 9.61 Å². The largest absolute Gasteiger partial charge is 0.486 e. The van der Waals surface area contributed by atoms with Crippen molar-refractivity contribution in [3.05, 3.63) is 36.5 Å².